The summed E-state index contributed by atoms with van der Waals surface area (Å²) in [5.74, 6) is -1.11. The third kappa shape index (κ3) is 4.77. The van der Waals surface area contributed by atoms with Crippen LogP contribution in [0.4, 0.5) is 0 Å². The Balaban J connectivity index is 1.57. The molecule has 2 aromatic rings. The first kappa shape index (κ1) is 20.9. The van der Waals surface area contributed by atoms with Crippen molar-refractivity contribution in [3.8, 4) is 0 Å². The molecule has 29 heavy (non-hydrogen) atoms. The minimum atomic E-state index is -3.60. The number of piperazine rings is 1. The zero-order valence-corrected chi connectivity index (χ0v) is 17.0. The summed E-state index contributed by atoms with van der Waals surface area (Å²) in [4.78, 5) is 34.3. The Kier molecular flexibility index (Phi) is 6.23. The van der Waals surface area contributed by atoms with Crippen LogP contribution in [-0.2, 0) is 19.6 Å². The fourth-order valence-corrected chi connectivity index (χ4v) is 4.36. The summed E-state index contributed by atoms with van der Waals surface area (Å²) in [6.45, 7) is 4.01. The largest absolute Gasteiger partial charge is 0.448 e. The second-order valence-electron chi connectivity index (χ2n) is 6.63. The molecule has 0 bridgehead atoms. The Morgan fingerprint density at radius 1 is 1.03 bits per heavy atom. The van der Waals surface area contributed by atoms with Crippen molar-refractivity contribution in [2.75, 3.05) is 26.2 Å². The fourth-order valence-electron chi connectivity index (χ4n) is 2.92. The molecule has 0 radical (unpaired) electrons. The monoisotopic (exact) mass is 418 g/mol. The highest BCUT2D eigenvalue weighted by molar-refractivity contribution is 7.89. The number of amides is 1. The zero-order valence-electron chi connectivity index (χ0n) is 16.2. The predicted molar refractivity (Wildman–Crippen MR) is 103 cm³/mol. The standard InChI is InChI=1S/C19H22N4O5S/c1-14-12-21-17(13-20-14)19(25)28-15(2)18(24)22-8-10-23(11-9-22)29(26,27)16-6-4-3-5-7-16/h3-7,12-13,15H,8-11H2,1-2H3. The topological polar surface area (TPSA) is 110 Å². The van der Waals surface area contributed by atoms with Crippen molar-refractivity contribution in [3.05, 3.63) is 54.1 Å². The molecule has 3 rings (SSSR count). The molecular weight excluding hydrogens is 396 g/mol. The third-order valence-corrected chi connectivity index (χ3v) is 6.47. The fraction of sp³-hybridized carbons (Fsp3) is 0.368. The number of carbonyl (C=O) groups excluding carboxylic acids is 2. The summed E-state index contributed by atoms with van der Waals surface area (Å²) in [6.07, 6.45) is 1.72. The lowest BCUT2D eigenvalue weighted by atomic mass is 10.3. The highest BCUT2D eigenvalue weighted by atomic mass is 32.2. The summed E-state index contributed by atoms with van der Waals surface area (Å²) in [7, 11) is -3.60. The summed E-state index contributed by atoms with van der Waals surface area (Å²) in [6, 6.07) is 8.17. The van der Waals surface area contributed by atoms with Gasteiger partial charge in [-0.05, 0) is 26.0 Å². The van der Waals surface area contributed by atoms with Crippen molar-refractivity contribution in [3.63, 3.8) is 0 Å². The maximum absolute atomic E-state index is 12.7. The number of aryl methyl sites for hydroxylation is 1. The molecule has 1 atom stereocenters. The van der Waals surface area contributed by atoms with Crippen LogP contribution in [-0.4, -0.2) is 71.8 Å². The van der Waals surface area contributed by atoms with Gasteiger partial charge >= 0.3 is 5.97 Å². The smallest absolute Gasteiger partial charge is 0.359 e. The van der Waals surface area contributed by atoms with Crippen LogP contribution in [0.5, 0.6) is 0 Å². The summed E-state index contributed by atoms with van der Waals surface area (Å²) >= 11 is 0. The van der Waals surface area contributed by atoms with E-state index in [1.165, 1.54) is 28.5 Å². The molecule has 0 spiro atoms. The van der Waals surface area contributed by atoms with Gasteiger partial charge in [-0.3, -0.25) is 9.78 Å². The number of carbonyl (C=O) groups is 2. The van der Waals surface area contributed by atoms with Crippen LogP contribution in [0.25, 0.3) is 0 Å². The van der Waals surface area contributed by atoms with E-state index in [9.17, 15) is 18.0 Å². The average Bonchev–Trinajstić information content (AvgIpc) is 2.74. The Hall–Kier alpha value is -2.85. The number of hydrogen-bond donors (Lipinski definition) is 0. The van der Waals surface area contributed by atoms with Crippen LogP contribution >= 0.6 is 0 Å². The van der Waals surface area contributed by atoms with Crippen LogP contribution < -0.4 is 0 Å². The number of esters is 1. The lowest BCUT2D eigenvalue weighted by Gasteiger charge is -2.35. The van der Waals surface area contributed by atoms with Crippen LogP contribution in [0, 0.1) is 6.92 Å². The molecule has 0 N–H and O–H groups in total. The minimum absolute atomic E-state index is 0.0222. The molecule has 9 nitrogen and oxygen atoms in total. The molecule has 1 aliphatic heterocycles. The predicted octanol–water partition coefficient (Wildman–Crippen LogP) is 0.863. The van der Waals surface area contributed by atoms with Gasteiger partial charge in [0.05, 0.1) is 16.8 Å². The number of aromatic nitrogens is 2. The van der Waals surface area contributed by atoms with Gasteiger partial charge < -0.3 is 9.64 Å². The summed E-state index contributed by atoms with van der Waals surface area (Å²) in [5, 5.41) is 0. The van der Waals surface area contributed by atoms with Gasteiger partial charge in [-0.25, -0.2) is 18.2 Å². The lowest BCUT2D eigenvalue weighted by molar-refractivity contribution is -0.141. The molecule has 154 valence electrons. The highest BCUT2D eigenvalue weighted by Gasteiger charge is 2.32. The van der Waals surface area contributed by atoms with E-state index in [4.69, 9.17) is 4.74 Å². The van der Waals surface area contributed by atoms with Crippen LogP contribution in [0.15, 0.2) is 47.6 Å². The van der Waals surface area contributed by atoms with E-state index in [1.54, 1.807) is 37.3 Å². The molecule has 1 amide bonds. The number of hydrogen-bond acceptors (Lipinski definition) is 7. The first-order chi connectivity index (χ1) is 13.8. The third-order valence-electron chi connectivity index (χ3n) is 4.55. The SMILES string of the molecule is Cc1cnc(C(=O)OC(C)C(=O)N2CCN(S(=O)(=O)c3ccccc3)CC2)cn1. The van der Waals surface area contributed by atoms with E-state index in [-0.39, 0.29) is 42.7 Å². The van der Waals surface area contributed by atoms with E-state index in [0.29, 0.717) is 5.69 Å². The van der Waals surface area contributed by atoms with Crippen molar-refractivity contribution in [1.29, 1.82) is 0 Å². The van der Waals surface area contributed by atoms with Gasteiger partial charge in [0, 0.05) is 32.4 Å². The number of sulfonamides is 1. The first-order valence-corrected chi connectivity index (χ1v) is 10.6. The van der Waals surface area contributed by atoms with Crippen molar-refractivity contribution in [2.45, 2.75) is 24.8 Å². The van der Waals surface area contributed by atoms with E-state index in [1.807, 2.05) is 0 Å². The zero-order chi connectivity index (χ0) is 21.0. The molecule has 10 heteroatoms. The van der Waals surface area contributed by atoms with E-state index < -0.39 is 22.1 Å². The number of ether oxygens (including phenoxy) is 1. The first-order valence-electron chi connectivity index (χ1n) is 9.12. The van der Waals surface area contributed by atoms with Gasteiger partial charge in [0.25, 0.3) is 5.91 Å². The molecule has 0 saturated carbocycles. The Morgan fingerprint density at radius 2 is 1.69 bits per heavy atom. The molecule has 0 aliphatic carbocycles. The summed E-state index contributed by atoms with van der Waals surface area (Å²) in [5.41, 5.74) is 0.683. The van der Waals surface area contributed by atoms with Crippen molar-refractivity contribution >= 4 is 21.9 Å². The average molecular weight is 418 g/mol. The van der Waals surface area contributed by atoms with E-state index >= 15 is 0 Å². The molecule has 1 aromatic carbocycles. The molecule has 2 heterocycles. The van der Waals surface area contributed by atoms with Crippen LogP contribution in [0.3, 0.4) is 0 Å². The molecular formula is C19H22N4O5S. The quantitative estimate of drug-likeness (QED) is 0.663. The molecule has 1 aromatic heterocycles. The van der Waals surface area contributed by atoms with Gasteiger partial charge in [-0.1, -0.05) is 18.2 Å². The normalized spacial score (nSPS) is 16.3. The van der Waals surface area contributed by atoms with Gasteiger partial charge in [0.2, 0.25) is 10.0 Å². The maximum Gasteiger partial charge on any atom is 0.359 e. The Labute approximate surface area is 169 Å². The van der Waals surface area contributed by atoms with Crippen molar-refractivity contribution in [2.24, 2.45) is 0 Å². The van der Waals surface area contributed by atoms with Gasteiger partial charge in [-0.2, -0.15) is 4.31 Å². The number of rotatable bonds is 5. The lowest BCUT2D eigenvalue weighted by Crippen LogP contribution is -2.52. The second-order valence-corrected chi connectivity index (χ2v) is 8.57. The number of benzene rings is 1. The van der Waals surface area contributed by atoms with Crippen LogP contribution in [0.2, 0.25) is 0 Å². The number of nitrogens with zero attached hydrogens (tertiary/aromatic N) is 4. The Morgan fingerprint density at radius 3 is 2.28 bits per heavy atom. The minimum Gasteiger partial charge on any atom is -0.448 e. The Bertz CT molecular complexity index is 971. The van der Waals surface area contributed by atoms with Gasteiger partial charge in [0.15, 0.2) is 11.8 Å². The van der Waals surface area contributed by atoms with E-state index in [2.05, 4.69) is 9.97 Å². The van der Waals surface area contributed by atoms with Crippen molar-refractivity contribution in [1.82, 2.24) is 19.2 Å². The maximum atomic E-state index is 12.7. The van der Waals surface area contributed by atoms with Gasteiger partial charge in [-0.15, -0.1) is 0 Å². The molecule has 1 saturated heterocycles. The van der Waals surface area contributed by atoms with E-state index in [0.717, 1.165) is 0 Å². The highest BCUT2D eigenvalue weighted by Crippen LogP contribution is 2.18. The molecule has 1 aliphatic rings. The molecule has 1 fully saturated rings. The van der Waals surface area contributed by atoms with Crippen LogP contribution in [0.1, 0.15) is 23.1 Å². The van der Waals surface area contributed by atoms with Gasteiger partial charge in [0.1, 0.15) is 0 Å². The molecule has 1 unspecified atom stereocenters. The summed E-state index contributed by atoms with van der Waals surface area (Å²) < 4.78 is 31.9. The second kappa shape index (κ2) is 8.66. The van der Waals surface area contributed by atoms with Crippen molar-refractivity contribution < 1.29 is 22.7 Å².